The summed E-state index contributed by atoms with van der Waals surface area (Å²) in [5.41, 5.74) is 1.22. The van der Waals surface area contributed by atoms with Crippen LogP contribution in [-0.2, 0) is 6.42 Å². The smallest absolute Gasteiger partial charge is 0.336 e. The third-order valence-corrected chi connectivity index (χ3v) is 4.04. The van der Waals surface area contributed by atoms with Gasteiger partial charge in [0.2, 0.25) is 0 Å². The van der Waals surface area contributed by atoms with Crippen LogP contribution in [0, 0.1) is 10.1 Å². The van der Waals surface area contributed by atoms with E-state index in [1.807, 2.05) is 13.0 Å². The van der Waals surface area contributed by atoms with Gasteiger partial charge in [-0.1, -0.05) is 24.8 Å². The van der Waals surface area contributed by atoms with Crippen LogP contribution >= 0.6 is 11.8 Å². The molecule has 108 valence electrons. The fraction of sp³-hybridized carbons (Fsp3) is 0.133. The van der Waals surface area contributed by atoms with Crippen LogP contribution in [0.15, 0.2) is 52.3 Å². The van der Waals surface area contributed by atoms with Gasteiger partial charge in [-0.15, -0.1) is 0 Å². The Hall–Kier alpha value is -2.34. The van der Waals surface area contributed by atoms with Crippen molar-refractivity contribution in [2.75, 3.05) is 0 Å². The van der Waals surface area contributed by atoms with E-state index in [1.165, 1.54) is 23.9 Å². The predicted octanol–water partition coefficient (Wildman–Crippen LogP) is 4.01. The largest absolute Gasteiger partial charge is 0.478 e. The van der Waals surface area contributed by atoms with Crippen molar-refractivity contribution in [3.8, 4) is 0 Å². The number of nitro benzene ring substituents is 1. The van der Waals surface area contributed by atoms with Gasteiger partial charge in [-0.25, -0.2) is 4.79 Å². The van der Waals surface area contributed by atoms with Crippen LogP contribution in [0.4, 0.5) is 5.69 Å². The molecule has 0 aromatic heterocycles. The molecule has 0 bridgehead atoms. The van der Waals surface area contributed by atoms with E-state index in [9.17, 15) is 20.0 Å². The molecule has 0 unspecified atom stereocenters. The second kappa shape index (κ2) is 6.41. The lowest BCUT2D eigenvalue weighted by Gasteiger charge is -2.07. The molecule has 21 heavy (non-hydrogen) atoms. The van der Waals surface area contributed by atoms with Gasteiger partial charge in [-0.2, -0.15) is 0 Å². The molecule has 2 aromatic rings. The van der Waals surface area contributed by atoms with E-state index < -0.39 is 10.9 Å². The fourth-order valence-electron chi connectivity index (χ4n) is 1.82. The first kappa shape index (κ1) is 15.1. The van der Waals surface area contributed by atoms with Gasteiger partial charge in [0.15, 0.2) is 0 Å². The molecule has 2 aromatic carbocycles. The molecule has 0 fully saturated rings. The molecule has 0 amide bonds. The lowest BCUT2D eigenvalue weighted by atomic mass is 10.1. The first-order valence-corrected chi connectivity index (χ1v) is 7.11. The Bertz CT molecular complexity index is 683. The zero-order valence-corrected chi connectivity index (χ0v) is 12.1. The maximum atomic E-state index is 11.3. The lowest BCUT2D eigenvalue weighted by Crippen LogP contribution is -2.00. The number of hydrogen-bond acceptors (Lipinski definition) is 4. The van der Waals surface area contributed by atoms with E-state index in [-0.39, 0.29) is 11.3 Å². The maximum Gasteiger partial charge on any atom is 0.336 e. The summed E-state index contributed by atoms with van der Waals surface area (Å²) >= 11 is 1.28. The third-order valence-electron chi connectivity index (χ3n) is 2.96. The molecule has 0 atom stereocenters. The topological polar surface area (TPSA) is 80.4 Å². The summed E-state index contributed by atoms with van der Waals surface area (Å²) in [6.07, 6.45) is 0.767. The summed E-state index contributed by atoms with van der Waals surface area (Å²) in [5, 5.41) is 19.9. The highest BCUT2D eigenvalue weighted by Crippen LogP contribution is 2.32. The standard InChI is InChI=1S/C15H13NO4S/c1-2-10-3-8-14(13(9-10)15(17)18)21-12-6-4-11(5-7-12)16(19)20/h3-9H,2H2,1H3,(H,17,18). The lowest BCUT2D eigenvalue weighted by molar-refractivity contribution is -0.384. The molecule has 0 heterocycles. The highest BCUT2D eigenvalue weighted by molar-refractivity contribution is 7.99. The van der Waals surface area contributed by atoms with Gasteiger partial charge in [0, 0.05) is 21.9 Å². The number of rotatable bonds is 5. The van der Waals surface area contributed by atoms with Crippen molar-refractivity contribution in [1.82, 2.24) is 0 Å². The summed E-state index contributed by atoms with van der Waals surface area (Å²) in [4.78, 5) is 22.8. The fourth-order valence-corrected chi connectivity index (χ4v) is 2.73. The third kappa shape index (κ3) is 3.61. The zero-order chi connectivity index (χ0) is 15.4. The minimum Gasteiger partial charge on any atom is -0.478 e. The Morgan fingerprint density at radius 2 is 1.90 bits per heavy atom. The molecular formula is C15H13NO4S. The molecular weight excluding hydrogens is 290 g/mol. The summed E-state index contributed by atoms with van der Waals surface area (Å²) in [6, 6.07) is 11.4. The SMILES string of the molecule is CCc1ccc(Sc2ccc([N+](=O)[O-])cc2)c(C(=O)O)c1. The Morgan fingerprint density at radius 1 is 1.24 bits per heavy atom. The monoisotopic (exact) mass is 303 g/mol. The van der Waals surface area contributed by atoms with Gasteiger partial charge in [-0.3, -0.25) is 10.1 Å². The van der Waals surface area contributed by atoms with Crippen LogP contribution in [0.1, 0.15) is 22.8 Å². The summed E-state index contributed by atoms with van der Waals surface area (Å²) < 4.78 is 0. The number of benzene rings is 2. The molecule has 0 radical (unpaired) electrons. The van der Waals surface area contributed by atoms with Crippen molar-refractivity contribution in [3.63, 3.8) is 0 Å². The Kier molecular flexibility index (Phi) is 4.59. The second-order valence-electron chi connectivity index (χ2n) is 4.34. The number of carboxylic acid groups (broad SMARTS) is 1. The van der Waals surface area contributed by atoms with E-state index in [0.29, 0.717) is 4.90 Å². The van der Waals surface area contributed by atoms with Gasteiger partial charge in [0.1, 0.15) is 0 Å². The van der Waals surface area contributed by atoms with E-state index >= 15 is 0 Å². The van der Waals surface area contributed by atoms with Crippen LogP contribution in [-0.4, -0.2) is 16.0 Å². The minimum absolute atomic E-state index is 0.0131. The van der Waals surface area contributed by atoms with Crippen molar-refractivity contribution in [3.05, 3.63) is 63.7 Å². The average molecular weight is 303 g/mol. The highest BCUT2D eigenvalue weighted by atomic mass is 32.2. The molecule has 1 N–H and O–H groups in total. The zero-order valence-electron chi connectivity index (χ0n) is 11.3. The van der Waals surface area contributed by atoms with E-state index in [4.69, 9.17) is 0 Å². The number of carboxylic acids is 1. The number of hydrogen-bond donors (Lipinski definition) is 1. The van der Waals surface area contributed by atoms with Gasteiger partial charge >= 0.3 is 5.97 Å². The molecule has 6 heteroatoms. The van der Waals surface area contributed by atoms with Gasteiger partial charge in [-0.05, 0) is 36.2 Å². The van der Waals surface area contributed by atoms with Crippen molar-refractivity contribution in [1.29, 1.82) is 0 Å². The molecule has 0 saturated heterocycles. The number of nitro groups is 1. The Balaban J connectivity index is 2.30. The predicted molar refractivity (Wildman–Crippen MR) is 80.0 cm³/mol. The normalized spacial score (nSPS) is 10.3. The molecule has 2 rings (SSSR count). The molecule has 0 aliphatic heterocycles. The summed E-state index contributed by atoms with van der Waals surface area (Å²) in [7, 11) is 0. The van der Waals surface area contributed by atoms with E-state index in [2.05, 4.69) is 0 Å². The van der Waals surface area contributed by atoms with Gasteiger partial charge < -0.3 is 5.11 Å². The quantitative estimate of drug-likeness (QED) is 0.667. The number of aryl methyl sites for hydroxylation is 1. The summed E-state index contributed by atoms with van der Waals surface area (Å²) in [5.74, 6) is -0.977. The van der Waals surface area contributed by atoms with Crippen LogP contribution in [0.2, 0.25) is 0 Å². The van der Waals surface area contributed by atoms with E-state index in [1.54, 1.807) is 24.3 Å². The van der Waals surface area contributed by atoms with Crippen molar-refractivity contribution >= 4 is 23.4 Å². The second-order valence-corrected chi connectivity index (χ2v) is 5.46. The number of carbonyl (C=O) groups is 1. The van der Waals surface area contributed by atoms with Crippen LogP contribution < -0.4 is 0 Å². The Morgan fingerprint density at radius 3 is 2.43 bits per heavy atom. The molecule has 0 aliphatic rings. The Labute approximate surface area is 125 Å². The molecule has 0 aliphatic carbocycles. The summed E-state index contributed by atoms with van der Waals surface area (Å²) in [6.45, 7) is 1.96. The van der Waals surface area contributed by atoms with Crippen molar-refractivity contribution in [2.45, 2.75) is 23.1 Å². The van der Waals surface area contributed by atoms with Gasteiger partial charge in [0.25, 0.3) is 5.69 Å². The van der Waals surface area contributed by atoms with Crippen LogP contribution in [0.5, 0.6) is 0 Å². The number of aromatic carboxylic acids is 1. The first-order valence-electron chi connectivity index (χ1n) is 6.29. The molecule has 0 saturated carbocycles. The van der Waals surface area contributed by atoms with Crippen LogP contribution in [0.25, 0.3) is 0 Å². The average Bonchev–Trinajstić information content (AvgIpc) is 2.48. The van der Waals surface area contributed by atoms with Crippen molar-refractivity contribution < 1.29 is 14.8 Å². The number of nitrogens with zero attached hydrogens (tertiary/aromatic N) is 1. The van der Waals surface area contributed by atoms with E-state index in [0.717, 1.165) is 16.9 Å². The first-order chi connectivity index (χ1) is 10.0. The van der Waals surface area contributed by atoms with Gasteiger partial charge in [0.05, 0.1) is 10.5 Å². The highest BCUT2D eigenvalue weighted by Gasteiger charge is 2.13. The molecule has 5 nitrogen and oxygen atoms in total. The van der Waals surface area contributed by atoms with Crippen LogP contribution in [0.3, 0.4) is 0 Å². The maximum absolute atomic E-state index is 11.3. The minimum atomic E-state index is -0.977. The molecule has 0 spiro atoms. The number of non-ortho nitro benzene ring substituents is 1. The van der Waals surface area contributed by atoms with Crippen molar-refractivity contribution in [2.24, 2.45) is 0 Å².